The number of aliphatic hydroxyl groups excluding tert-OH is 2. The van der Waals surface area contributed by atoms with Crippen LogP contribution in [0.3, 0.4) is 0 Å². The molecular weight excluding hydrogens is 851 g/mol. The first-order chi connectivity index (χ1) is 34.0. The van der Waals surface area contributed by atoms with E-state index in [4.69, 9.17) is 4.74 Å². The summed E-state index contributed by atoms with van der Waals surface area (Å²) in [5.74, 6) is -0.505. The number of hydrogen-bond donors (Lipinski definition) is 3. The van der Waals surface area contributed by atoms with Crippen molar-refractivity contribution in [3.8, 4) is 0 Å². The highest BCUT2D eigenvalue weighted by molar-refractivity contribution is 5.77. The monoisotopic (exact) mass is 964 g/mol. The number of hydrogen-bond acceptors (Lipinski definition) is 5. The van der Waals surface area contributed by atoms with Crippen molar-refractivity contribution in [1.82, 2.24) is 5.32 Å². The molecule has 0 aromatic carbocycles. The Morgan fingerprint density at radius 3 is 1.14 bits per heavy atom. The summed E-state index contributed by atoms with van der Waals surface area (Å²) in [6, 6.07) is -0.716. The Morgan fingerprint density at radius 1 is 0.420 bits per heavy atom. The molecule has 6 heteroatoms. The van der Waals surface area contributed by atoms with Crippen molar-refractivity contribution in [2.24, 2.45) is 0 Å². The Kier molecular flexibility index (Phi) is 54.0. The van der Waals surface area contributed by atoms with Crippen LogP contribution >= 0.6 is 0 Å². The molecule has 0 radical (unpaired) electrons. The summed E-state index contributed by atoms with van der Waals surface area (Å²) in [4.78, 5) is 26.3. The second kappa shape index (κ2) is 56.2. The summed E-state index contributed by atoms with van der Waals surface area (Å²) in [7, 11) is 0. The van der Waals surface area contributed by atoms with E-state index in [2.05, 4.69) is 99.0 Å². The molecule has 400 valence electrons. The Bertz CT molecular complexity index is 1270. The van der Waals surface area contributed by atoms with E-state index >= 15 is 0 Å². The van der Waals surface area contributed by atoms with Gasteiger partial charge in [0, 0.05) is 6.42 Å². The lowest BCUT2D eigenvalue weighted by atomic mass is 10.0. The van der Waals surface area contributed by atoms with Gasteiger partial charge in [0.1, 0.15) is 6.10 Å². The van der Waals surface area contributed by atoms with E-state index in [-0.39, 0.29) is 24.9 Å². The number of aliphatic hydroxyl groups is 2. The van der Waals surface area contributed by atoms with Crippen molar-refractivity contribution in [1.29, 1.82) is 0 Å². The number of carbonyl (C=O) groups is 2. The topological polar surface area (TPSA) is 95.9 Å². The number of ether oxygens (including phenoxy) is 1. The average Bonchev–Trinajstić information content (AvgIpc) is 3.34. The maximum atomic E-state index is 13.3. The molecule has 1 amide bonds. The van der Waals surface area contributed by atoms with Crippen LogP contribution in [-0.4, -0.2) is 46.9 Å². The predicted molar refractivity (Wildman–Crippen MR) is 301 cm³/mol. The highest BCUT2D eigenvalue weighted by Gasteiger charge is 2.24. The molecule has 0 bridgehead atoms. The minimum atomic E-state index is -0.800. The first kappa shape index (κ1) is 66.3. The van der Waals surface area contributed by atoms with Crippen molar-refractivity contribution in [3.05, 3.63) is 72.9 Å². The van der Waals surface area contributed by atoms with Gasteiger partial charge in [-0.2, -0.15) is 0 Å². The number of esters is 1. The van der Waals surface area contributed by atoms with Gasteiger partial charge in [-0.1, -0.05) is 248 Å². The predicted octanol–water partition coefficient (Wildman–Crippen LogP) is 18.5. The van der Waals surface area contributed by atoms with E-state index in [1.54, 1.807) is 0 Å². The Morgan fingerprint density at radius 2 is 0.739 bits per heavy atom. The summed E-state index contributed by atoms with van der Waals surface area (Å²) < 4.78 is 5.96. The lowest BCUT2D eigenvalue weighted by Crippen LogP contribution is -2.46. The van der Waals surface area contributed by atoms with Crippen LogP contribution in [0.2, 0.25) is 0 Å². The maximum Gasteiger partial charge on any atom is 0.306 e. The van der Waals surface area contributed by atoms with Crippen LogP contribution in [0.4, 0.5) is 0 Å². The van der Waals surface area contributed by atoms with Crippen LogP contribution in [0.5, 0.6) is 0 Å². The van der Waals surface area contributed by atoms with Gasteiger partial charge in [0.05, 0.1) is 25.2 Å². The summed E-state index contributed by atoms with van der Waals surface area (Å²) in [6.07, 6.45) is 72.4. The molecular formula is C63H113NO5. The van der Waals surface area contributed by atoms with Gasteiger partial charge in [-0.3, -0.25) is 9.59 Å². The number of allylic oxidation sites excluding steroid dienone is 12. The number of rotatable bonds is 53. The standard InChI is InChI=1S/C63H113NO5/c1-4-7-10-13-16-19-22-25-28-30-31-33-35-38-41-44-47-50-53-56-63(68)69-59(54-51-48-45-42-39-36-34-32-29-26-23-20-17-14-11-8-5-2)57-62(67)64-60(58-65)61(66)55-52-49-46-43-40-37-27-24-21-18-15-12-9-6-3/h16-17,19-20,25-26,28-29,31,33-34,36,59-61,65-66H,4-15,18,21-24,27,30,32,35,37-58H2,1-3H3,(H,64,67)/b19-16-,20-17-,28-25-,29-26-,33-31-,36-34-. The van der Waals surface area contributed by atoms with Crippen LogP contribution in [0, 0.1) is 0 Å². The van der Waals surface area contributed by atoms with Crippen LogP contribution in [0.25, 0.3) is 0 Å². The molecule has 3 unspecified atom stereocenters. The van der Waals surface area contributed by atoms with Crippen LogP contribution in [0.1, 0.15) is 290 Å². The molecule has 0 aromatic heterocycles. The van der Waals surface area contributed by atoms with E-state index in [1.165, 1.54) is 141 Å². The molecule has 69 heavy (non-hydrogen) atoms. The largest absolute Gasteiger partial charge is 0.462 e. The molecule has 0 saturated heterocycles. The van der Waals surface area contributed by atoms with Crippen molar-refractivity contribution < 1.29 is 24.5 Å². The number of carbonyl (C=O) groups excluding carboxylic acids is 2. The summed E-state index contributed by atoms with van der Waals surface area (Å²) >= 11 is 0. The van der Waals surface area contributed by atoms with Crippen LogP contribution in [-0.2, 0) is 14.3 Å². The van der Waals surface area contributed by atoms with Gasteiger partial charge in [0.25, 0.3) is 0 Å². The fourth-order valence-corrected chi connectivity index (χ4v) is 8.74. The molecule has 0 rings (SSSR count). The fourth-order valence-electron chi connectivity index (χ4n) is 8.74. The normalized spacial score (nSPS) is 13.6. The Hall–Kier alpha value is -2.70. The summed E-state index contributed by atoms with van der Waals surface area (Å²) in [5, 5.41) is 23.9. The first-order valence-corrected chi connectivity index (χ1v) is 29.7. The van der Waals surface area contributed by atoms with Crippen molar-refractivity contribution in [2.75, 3.05) is 6.61 Å². The molecule has 0 aliphatic carbocycles. The molecule has 3 N–H and O–H groups in total. The minimum absolute atomic E-state index is 0.0555. The molecule has 0 spiro atoms. The van der Waals surface area contributed by atoms with Crippen molar-refractivity contribution in [2.45, 2.75) is 309 Å². The van der Waals surface area contributed by atoms with Gasteiger partial charge in [-0.25, -0.2) is 0 Å². The van der Waals surface area contributed by atoms with Crippen molar-refractivity contribution >= 4 is 11.9 Å². The Balaban J connectivity index is 4.63. The van der Waals surface area contributed by atoms with Crippen LogP contribution < -0.4 is 5.32 Å². The van der Waals surface area contributed by atoms with E-state index < -0.39 is 18.2 Å². The van der Waals surface area contributed by atoms with Gasteiger partial charge in [-0.15, -0.1) is 0 Å². The third-order valence-corrected chi connectivity index (χ3v) is 13.3. The van der Waals surface area contributed by atoms with E-state index in [0.717, 1.165) is 103 Å². The summed E-state index contributed by atoms with van der Waals surface area (Å²) in [5.41, 5.74) is 0. The lowest BCUT2D eigenvalue weighted by molar-refractivity contribution is -0.151. The number of unbranched alkanes of at least 4 members (excludes halogenated alkanes) is 29. The van der Waals surface area contributed by atoms with Gasteiger partial charge in [0.15, 0.2) is 0 Å². The molecule has 3 atom stereocenters. The molecule has 0 heterocycles. The van der Waals surface area contributed by atoms with Gasteiger partial charge in [-0.05, 0) is 103 Å². The SMILES string of the molecule is CCCCC/C=C\C/C=C\C/C=C\CCCCCCCCC(=O)OC(CCCCCC/C=C\C/C=C\C/C=C\CCCCC)CC(=O)NC(CO)C(O)CCCCCCCCCCCCCCCC. The fraction of sp³-hybridized carbons (Fsp3) is 0.778. The maximum absolute atomic E-state index is 13.3. The summed E-state index contributed by atoms with van der Waals surface area (Å²) in [6.45, 7) is 6.44. The molecule has 0 aromatic rings. The molecule has 0 aliphatic heterocycles. The Labute approximate surface area is 428 Å². The third-order valence-electron chi connectivity index (χ3n) is 13.3. The zero-order valence-corrected chi connectivity index (χ0v) is 45.7. The quantitative estimate of drug-likeness (QED) is 0.0321. The molecule has 0 saturated carbocycles. The zero-order chi connectivity index (χ0) is 50.2. The first-order valence-electron chi connectivity index (χ1n) is 29.7. The van der Waals surface area contributed by atoms with E-state index in [9.17, 15) is 19.8 Å². The minimum Gasteiger partial charge on any atom is -0.462 e. The van der Waals surface area contributed by atoms with E-state index in [0.29, 0.717) is 19.3 Å². The second-order valence-electron chi connectivity index (χ2n) is 20.0. The van der Waals surface area contributed by atoms with E-state index in [1.807, 2.05) is 0 Å². The number of nitrogens with one attached hydrogen (secondary N) is 1. The highest BCUT2D eigenvalue weighted by atomic mass is 16.5. The molecule has 0 aliphatic rings. The van der Waals surface area contributed by atoms with Gasteiger partial charge < -0.3 is 20.3 Å². The average molecular weight is 965 g/mol. The molecule has 0 fully saturated rings. The zero-order valence-electron chi connectivity index (χ0n) is 45.7. The van der Waals surface area contributed by atoms with Gasteiger partial charge >= 0.3 is 5.97 Å². The third kappa shape index (κ3) is 51.5. The molecule has 6 nitrogen and oxygen atoms in total. The number of amides is 1. The smallest absolute Gasteiger partial charge is 0.306 e. The van der Waals surface area contributed by atoms with Crippen LogP contribution in [0.15, 0.2) is 72.9 Å². The van der Waals surface area contributed by atoms with Gasteiger partial charge in [0.2, 0.25) is 5.91 Å². The van der Waals surface area contributed by atoms with Crippen molar-refractivity contribution in [3.63, 3.8) is 0 Å². The lowest BCUT2D eigenvalue weighted by Gasteiger charge is -2.24. The highest BCUT2D eigenvalue weighted by Crippen LogP contribution is 2.18. The second-order valence-corrected chi connectivity index (χ2v) is 20.0.